The zero-order chi connectivity index (χ0) is 14.5. The molecule has 20 heavy (non-hydrogen) atoms. The molecular formula is C16H24N2O2. The second-order valence-corrected chi connectivity index (χ2v) is 5.91. The smallest absolute Gasteiger partial charge is 0.236 e. The number of amides is 1. The number of aliphatic hydroxyl groups excluding tert-OH is 1. The van der Waals surface area contributed by atoms with Crippen molar-refractivity contribution in [2.24, 2.45) is 5.92 Å². The van der Waals surface area contributed by atoms with E-state index in [1.165, 1.54) is 5.56 Å². The van der Waals surface area contributed by atoms with Crippen LogP contribution in [0.25, 0.3) is 0 Å². The number of aliphatic hydroxyl groups is 1. The summed E-state index contributed by atoms with van der Waals surface area (Å²) in [5, 5.41) is 9.03. The molecule has 1 aliphatic heterocycles. The van der Waals surface area contributed by atoms with Gasteiger partial charge in [-0.25, -0.2) is 0 Å². The van der Waals surface area contributed by atoms with Crippen molar-refractivity contribution >= 4 is 5.91 Å². The molecule has 1 aliphatic rings. The van der Waals surface area contributed by atoms with Gasteiger partial charge in [0, 0.05) is 13.1 Å². The van der Waals surface area contributed by atoms with Gasteiger partial charge in [0.25, 0.3) is 0 Å². The normalized spacial score (nSPS) is 18.8. The van der Waals surface area contributed by atoms with E-state index in [4.69, 9.17) is 5.11 Å². The van der Waals surface area contributed by atoms with Crippen LogP contribution in [0.4, 0.5) is 0 Å². The first-order valence-electron chi connectivity index (χ1n) is 7.19. The number of likely N-dealkylation sites (tertiary alicyclic amines) is 1. The topological polar surface area (TPSA) is 43.8 Å². The number of carbonyl (C=O) groups excluding carboxylic acids is 1. The molecule has 0 aliphatic carbocycles. The molecule has 0 spiro atoms. The van der Waals surface area contributed by atoms with Gasteiger partial charge >= 0.3 is 0 Å². The summed E-state index contributed by atoms with van der Waals surface area (Å²) < 4.78 is 0. The maximum atomic E-state index is 12.0. The lowest BCUT2D eigenvalue weighted by molar-refractivity contribution is -0.130. The van der Waals surface area contributed by atoms with E-state index in [-0.39, 0.29) is 12.5 Å². The van der Waals surface area contributed by atoms with Gasteiger partial charge in [-0.2, -0.15) is 0 Å². The van der Waals surface area contributed by atoms with Crippen LogP contribution < -0.4 is 0 Å². The van der Waals surface area contributed by atoms with Crippen LogP contribution in [0.2, 0.25) is 0 Å². The molecule has 0 aromatic heterocycles. The Balaban J connectivity index is 1.84. The Kier molecular flexibility index (Phi) is 5.15. The zero-order valence-corrected chi connectivity index (χ0v) is 12.4. The molecule has 1 heterocycles. The van der Waals surface area contributed by atoms with Gasteiger partial charge in [-0.15, -0.1) is 0 Å². The first-order valence-corrected chi connectivity index (χ1v) is 7.19. The maximum Gasteiger partial charge on any atom is 0.236 e. The molecule has 110 valence electrons. The Bertz CT molecular complexity index is 442. The van der Waals surface area contributed by atoms with Crippen molar-refractivity contribution in [2.45, 2.75) is 19.4 Å². The minimum Gasteiger partial charge on any atom is -0.392 e. The van der Waals surface area contributed by atoms with E-state index in [0.29, 0.717) is 12.5 Å². The number of likely N-dealkylation sites (N-methyl/N-ethyl adjacent to an activating group) is 1. The Morgan fingerprint density at radius 2 is 1.95 bits per heavy atom. The van der Waals surface area contributed by atoms with Crippen LogP contribution in [-0.2, 0) is 17.8 Å². The molecule has 1 aromatic rings. The number of carbonyl (C=O) groups is 1. The molecule has 1 saturated heterocycles. The molecule has 4 heteroatoms. The first-order chi connectivity index (χ1) is 9.58. The summed E-state index contributed by atoms with van der Waals surface area (Å²) in [6.07, 6.45) is 2.10. The van der Waals surface area contributed by atoms with E-state index in [1.54, 1.807) is 0 Å². The van der Waals surface area contributed by atoms with Crippen LogP contribution in [0, 0.1) is 5.92 Å². The number of rotatable bonds is 5. The highest BCUT2D eigenvalue weighted by molar-refractivity contribution is 5.78. The van der Waals surface area contributed by atoms with E-state index in [2.05, 4.69) is 12.1 Å². The van der Waals surface area contributed by atoms with E-state index < -0.39 is 0 Å². The van der Waals surface area contributed by atoms with Crippen molar-refractivity contribution in [3.8, 4) is 0 Å². The highest BCUT2D eigenvalue weighted by atomic mass is 16.3. The van der Waals surface area contributed by atoms with Crippen LogP contribution in [-0.4, -0.2) is 54.5 Å². The van der Waals surface area contributed by atoms with Crippen LogP contribution in [0.1, 0.15) is 17.5 Å². The van der Waals surface area contributed by atoms with E-state index in [1.807, 2.05) is 36.0 Å². The van der Waals surface area contributed by atoms with E-state index in [9.17, 15) is 4.79 Å². The molecule has 1 aromatic carbocycles. The monoisotopic (exact) mass is 276 g/mol. The van der Waals surface area contributed by atoms with E-state index >= 15 is 0 Å². The van der Waals surface area contributed by atoms with Crippen molar-refractivity contribution in [3.05, 3.63) is 35.4 Å². The van der Waals surface area contributed by atoms with Gasteiger partial charge in [0.15, 0.2) is 0 Å². The molecule has 1 unspecified atom stereocenters. The van der Waals surface area contributed by atoms with Gasteiger partial charge in [0.2, 0.25) is 5.91 Å². The molecule has 0 bridgehead atoms. The lowest BCUT2D eigenvalue weighted by Crippen LogP contribution is -2.36. The van der Waals surface area contributed by atoms with Crippen LogP contribution in [0.3, 0.4) is 0 Å². The quantitative estimate of drug-likeness (QED) is 0.877. The summed E-state index contributed by atoms with van der Waals surface area (Å²) in [4.78, 5) is 15.9. The molecule has 1 N–H and O–H groups in total. The molecule has 1 amide bonds. The third kappa shape index (κ3) is 4.05. The number of nitrogens with zero attached hydrogens (tertiary/aromatic N) is 2. The summed E-state index contributed by atoms with van der Waals surface area (Å²) in [6, 6.07) is 8.10. The predicted octanol–water partition coefficient (Wildman–Crippen LogP) is 1.13. The lowest BCUT2D eigenvalue weighted by atomic mass is 9.98. The second-order valence-electron chi connectivity index (χ2n) is 5.91. The minimum atomic E-state index is 0.0938. The number of hydrogen-bond donors (Lipinski definition) is 1. The van der Waals surface area contributed by atoms with Crippen molar-refractivity contribution < 1.29 is 9.90 Å². The van der Waals surface area contributed by atoms with Crippen LogP contribution in [0.5, 0.6) is 0 Å². The number of hydrogen-bond acceptors (Lipinski definition) is 3. The Labute approximate surface area is 121 Å². The Morgan fingerprint density at radius 1 is 1.30 bits per heavy atom. The predicted molar refractivity (Wildman–Crippen MR) is 79.3 cm³/mol. The summed E-state index contributed by atoms with van der Waals surface area (Å²) in [7, 11) is 3.85. The van der Waals surface area contributed by atoms with Gasteiger partial charge in [0.05, 0.1) is 13.2 Å². The highest BCUT2D eigenvalue weighted by Crippen LogP contribution is 2.21. The van der Waals surface area contributed by atoms with E-state index in [0.717, 1.165) is 31.5 Å². The molecule has 2 rings (SSSR count). The van der Waals surface area contributed by atoms with Gasteiger partial charge in [0.1, 0.15) is 0 Å². The van der Waals surface area contributed by atoms with Crippen molar-refractivity contribution in [1.29, 1.82) is 0 Å². The van der Waals surface area contributed by atoms with Crippen LogP contribution >= 0.6 is 0 Å². The molecular weight excluding hydrogens is 252 g/mol. The summed E-state index contributed by atoms with van der Waals surface area (Å²) in [6.45, 7) is 2.34. The fourth-order valence-corrected chi connectivity index (χ4v) is 2.71. The summed E-state index contributed by atoms with van der Waals surface area (Å²) in [5.41, 5.74) is 2.23. The largest absolute Gasteiger partial charge is 0.392 e. The lowest BCUT2D eigenvalue weighted by Gasteiger charge is -2.19. The molecule has 0 radical (unpaired) electrons. The highest BCUT2D eigenvalue weighted by Gasteiger charge is 2.26. The standard InChI is InChI=1S/C16H24N2O2/c1-17(2)11-16(20)18-8-7-15(10-18)9-13-3-5-14(12-19)6-4-13/h3-6,15,19H,7-12H2,1-2H3. The summed E-state index contributed by atoms with van der Waals surface area (Å²) in [5.74, 6) is 0.786. The van der Waals surface area contributed by atoms with Gasteiger partial charge in [-0.05, 0) is 44.0 Å². The van der Waals surface area contributed by atoms with Gasteiger partial charge < -0.3 is 14.9 Å². The Hall–Kier alpha value is -1.39. The molecule has 4 nitrogen and oxygen atoms in total. The SMILES string of the molecule is CN(C)CC(=O)N1CCC(Cc2ccc(CO)cc2)C1. The minimum absolute atomic E-state index is 0.0938. The number of benzene rings is 1. The first kappa shape index (κ1) is 15.0. The van der Waals surface area contributed by atoms with Crippen LogP contribution in [0.15, 0.2) is 24.3 Å². The van der Waals surface area contributed by atoms with Crippen molar-refractivity contribution in [1.82, 2.24) is 9.80 Å². The molecule has 1 fully saturated rings. The van der Waals surface area contributed by atoms with Crippen molar-refractivity contribution in [2.75, 3.05) is 33.7 Å². The van der Waals surface area contributed by atoms with Gasteiger partial charge in [-0.3, -0.25) is 4.79 Å². The fourth-order valence-electron chi connectivity index (χ4n) is 2.71. The zero-order valence-electron chi connectivity index (χ0n) is 12.4. The average molecular weight is 276 g/mol. The third-order valence-electron chi connectivity index (χ3n) is 3.82. The fraction of sp³-hybridized carbons (Fsp3) is 0.562. The third-order valence-corrected chi connectivity index (χ3v) is 3.82. The Morgan fingerprint density at radius 3 is 2.55 bits per heavy atom. The molecule has 1 atom stereocenters. The summed E-state index contributed by atoms with van der Waals surface area (Å²) >= 11 is 0. The van der Waals surface area contributed by atoms with Crippen molar-refractivity contribution in [3.63, 3.8) is 0 Å². The second kappa shape index (κ2) is 6.86. The van der Waals surface area contributed by atoms with Gasteiger partial charge in [-0.1, -0.05) is 24.3 Å². The average Bonchev–Trinajstić information content (AvgIpc) is 2.87. The maximum absolute atomic E-state index is 12.0. The molecule has 0 saturated carbocycles.